The van der Waals surface area contributed by atoms with Crippen LogP contribution in [0.2, 0.25) is 0 Å². The first-order valence-corrected chi connectivity index (χ1v) is 17.4. The van der Waals surface area contributed by atoms with Crippen molar-refractivity contribution in [1.82, 2.24) is 40.4 Å². The number of nitrogens with zero attached hydrogens (tertiary/aromatic N) is 4. The van der Waals surface area contributed by atoms with Gasteiger partial charge in [-0.3, -0.25) is 9.59 Å². The molecule has 2 aromatic carbocycles. The number of methoxy groups -OCH3 is 1. The van der Waals surface area contributed by atoms with Crippen LogP contribution in [0.25, 0.3) is 33.6 Å². The zero-order valence-corrected chi connectivity index (χ0v) is 28.5. The van der Waals surface area contributed by atoms with Crippen molar-refractivity contribution < 1.29 is 29.0 Å². The highest BCUT2D eigenvalue weighted by Crippen LogP contribution is 2.54. The fourth-order valence-electron chi connectivity index (χ4n) is 8.00. The van der Waals surface area contributed by atoms with Gasteiger partial charge in [-0.1, -0.05) is 48.5 Å². The maximum atomic E-state index is 13.3. The van der Waals surface area contributed by atoms with Crippen molar-refractivity contribution in [1.29, 1.82) is 0 Å². The summed E-state index contributed by atoms with van der Waals surface area (Å²) in [6, 6.07) is 14.8. The summed E-state index contributed by atoms with van der Waals surface area (Å²) < 4.78 is 4.67. The summed E-state index contributed by atoms with van der Waals surface area (Å²) in [5.41, 5.74) is 5.56. The van der Waals surface area contributed by atoms with Gasteiger partial charge in [0.2, 0.25) is 11.8 Å². The second-order valence-electron chi connectivity index (χ2n) is 14.1. The van der Waals surface area contributed by atoms with E-state index in [4.69, 9.17) is 15.1 Å². The Kier molecular flexibility index (Phi) is 8.03. The van der Waals surface area contributed by atoms with Crippen molar-refractivity contribution in [3.05, 3.63) is 72.6 Å². The van der Waals surface area contributed by atoms with Gasteiger partial charge in [-0.2, -0.15) is 0 Å². The number of hydrogen-bond donors (Lipinski definition) is 5. The van der Waals surface area contributed by atoms with Gasteiger partial charge in [0, 0.05) is 35.6 Å². The molecule has 2 aromatic heterocycles. The van der Waals surface area contributed by atoms with Crippen LogP contribution in [0.15, 0.2) is 60.9 Å². The number of alkyl carbamates (subject to hydrolysis) is 1. The maximum absolute atomic E-state index is 13.3. The second-order valence-corrected chi connectivity index (χ2v) is 14.1. The highest BCUT2D eigenvalue weighted by molar-refractivity contribution is 5.87. The molecule has 0 radical (unpaired) electrons. The Morgan fingerprint density at radius 1 is 0.706 bits per heavy atom. The van der Waals surface area contributed by atoms with Crippen molar-refractivity contribution in [3.8, 4) is 33.6 Å². The molecule has 0 unspecified atom stereocenters. The Balaban J connectivity index is 0.926. The van der Waals surface area contributed by atoms with Gasteiger partial charge in [0.15, 0.2) is 0 Å². The number of carbonyl (C=O) groups is 4. The lowest BCUT2D eigenvalue weighted by atomic mass is 10.0. The Bertz CT molecular complexity index is 1990. The number of fused-ring (bicyclic) bond motifs is 2. The van der Waals surface area contributed by atoms with E-state index >= 15 is 0 Å². The maximum Gasteiger partial charge on any atom is 0.407 e. The molecule has 8 atom stereocenters. The summed E-state index contributed by atoms with van der Waals surface area (Å²) in [7, 11) is 1.28. The van der Waals surface area contributed by atoms with Gasteiger partial charge in [-0.05, 0) is 62.5 Å². The van der Waals surface area contributed by atoms with Crippen LogP contribution in [0.5, 0.6) is 0 Å². The van der Waals surface area contributed by atoms with Crippen LogP contribution in [0.1, 0.15) is 63.3 Å². The molecule has 2 aliphatic carbocycles. The first-order valence-electron chi connectivity index (χ1n) is 17.4. The number of imidazole rings is 2. The highest BCUT2D eigenvalue weighted by atomic mass is 16.5. The first kappa shape index (κ1) is 32.5. The molecule has 4 fully saturated rings. The average molecular weight is 693 g/mol. The van der Waals surface area contributed by atoms with Crippen molar-refractivity contribution in [2.24, 2.45) is 11.8 Å². The van der Waals surface area contributed by atoms with Crippen LogP contribution < -0.4 is 10.6 Å². The summed E-state index contributed by atoms with van der Waals surface area (Å²) in [4.78, 5) is 69.3. The van der Waals surface area contributed by atoms with Crippen LogP contribution >= 0.6 is 0 Å². The summed E-state index contributed by atoms with van der Waals surface area (Å²) in [6.45, 7) is 3.25. The number of nitrogens with one attached hydrogen (secondary N) is 4. The van der Waals surface area contributed by atoms with Crippen molar-refractivity contribution in [2.45, 2.75) is 75.8 Å². The molecule has 0 bridgehead atoms. The van der Waals surface area contributed by atoms with Crippen LogP contribution in [0.4, 0.5) is 9.59 Å². The standard InChI is InChI=1S/C37H40N8O6/c1-18(40-36(48)49)34(46)44-28-12-24(28)14-30(44)32-38-16-26(42-32)22-8-4-20(5-9-22)21-6-10-23(11-7-21)27-17-39-33(43-27)31-15-25-13-29(25)45(31)35(47)19(2)41-37(50)51-3/h4-11,16-19,24-25,28-31,40H,12-15H2,1-3H3,(H,38,42)(H,39,43)(H,41,50)(H,48,49)/t18-,19-,24+,25+,28+,29+,30-,31-/m0/s1. The lowest BCUT2D eigenvalue weighted by molar-refractivity contribution is -0.135. The third kappa shape index (κ3) is 6.08. The molecule has 51 heavy (non-hydrogen) atoms. The second kappa shape index (κ2) is 12.6. The molecule has 4 aromatic rings. The number of hydrogen-bond acceptors (Lipinski definition) is 7. The average Bonchev–Trinajstić information content (AvgIpc) is 3.73. The number of rotatable bonds is 9. The Morgan fingerprint density at radius 2 is 1.12 bits per heavy atom. The zero-order valence-electron chi connectivity index (χ0n) is 28.5. The molecule has 4 heterocycles. The number of amides is 4. The van der Waals surface area contributed by atoms with E-state index in [-0.39, 0.29) is 36.0 Å². The van der Waals surface area contributed by atoms with E-state index in [0.717, 1.165) is 65.1 Å². The summed E-state index contributed by atoms with van der Waals surface area (Å²) in [6.07, 6.45) is 5.45. The van der Waals surface area contributed by atoms with E-state index in [2.05, 4.69) is 49.6 Å². The molecule has 0 spiro atoms. The van der Waals surface area contributed by atoms with E-state index in [1.54, 1.807) is 13.8 Å². The Hall–Kier alpha value is -5.66. The minimum atomic E-state index is -1.22. The molecule has 14 nitrogen and oxygen atoms in total. The van der Waals surface area contributed by atoms with Crippen molar-refractivity contribution >= 4 is 24.0 Å². The zero-order chi connectivity index (χ0) is 35.6. The van der Waals surface area contributed by atoms with Crippen LogP contribution in [0.3, 0.4) is 0 Å². The number of carboxylic acid groups (broad SMARTS) is 1. The van der Waals surface area contributed by atoms with E-state index < -0.39 is 24.3 Å². The van der Waals surface area contributed by atoms with E-state index in [1.807, 2.05) is 46.5 Å². The lowest BCUT2D eigenvalue weighted by Gasteiger charge is -2.29. The van der Waals surface area contributed by atoms with E-state index in [1.165, 1.54) is 7.11 Å². The number of H-pyrrole nitrogens is 2. The van der Waals surface area contributed by atoms with Gasteiger partial charge < -0.3 is 40.2 Å². The van der Waals surface area contributed by atoms with Gasteiger partial charge in [0.1, 0.15) is 23.7 Å². The Labute approximate surface area is 294 Å². The molecule has 264 valence electrons. The molecular weight excluding hydrogens is 652 g/mol. The minimum Gasteiger partial charge on any atom is -0.465 e. The number of piperidine rings is 2. The monoisotopic (exact) mass is 692 g/mol. The van der Waals surface area contributed by atoms with Crippen LogP contribution in [-0.4, -0.2) is 90.1 Å². The lowest BCUT2D eigenvalue weighted by Crippen LogP contribution is -2.47. The number of likely N-dealkylation sites (tertiary alicyclic amines) is 2. The molecule has 4 aliphatic rings. The number of carbonyl (C=O) groups excluding carboxylic acids is 3. The predicted molar refractivity (Wildman–Crippen MR) is 185 cm³/mol. The van der Waals surface area contributed by atoms with Crippen LogP contribution in [-0.2, 0) is 14.3 Å². The SMILES string of the molecule is COC(=O)N[C@@H](C)C(=O)N1[C@@H]2C[C@@H]2C[C@H]1c1nc(-c2ccc(-c3ccc(-c4c[nH]c([C@@H]5C[C@H]6C[C@H]6N5C(=O)[C@H](C)NC(=O)O)n4)cc3)cc2)c[nH]1. The molecule has 5 N–H and O–H groups in total. The summed E-state index contributed by atoms with van der Waals surface area (Å²) in [5.74, 6) is 1.97. The predicted octanol–water partition coefficient (Wildman–Crippen LogP) is 4.86. The highest BCUT2D eigenvalue weighted by Gasteiger charge is 2.56. The quantitative estimate of drug-likeness (QED) is 0.165. The smallest absolute Gasteiger partial charge is 0.407 e. The van der Waals surface area contributed by atoms with Crippen molar-refractivity contribution in [2.75, 3.05) is 7.11 Å². The third-order valence-corrected chi connectivity index (χ3v) is 10.8. The normalized spacial score (nSPS) is 25.4. The van der Waals surface area contributed by atoms with E-state index in [9.17, 15) is 19.2 Å². The summed E-state index contributed by atoms with van der Waals surface area (Å²) in [5, 5.41) is 14.0. The number of benzene rings is 2. The van der Waals surface area contributed by atoms with Gasteiger partial charge in [0.05, 0.1) is 30.6 Å². The van der Waals surface area contributed by atoms with Gasteiger partial charge in [-0.15, -0.1) is 0 Å². The van der Waals surface area contributed by atoms with Gasteiger partial charge in [-0.25, -0.2) is 19.6 Å². The van der Waals surface area contributed by atoms with Gasteiger partial charge >= 0.3 is 12.2 Å². The fourth-order valence-corrected chi connectivity index (χ4v) is 8.00. The molecule has 4 amide bonds. The number of aromatic amines is 2. The van der Waals surface area contributed by atoms with Crippen LogP contribution in [0, 0.1) is 11.8 Å². The number of aromatic nitrogens is 4. The fraction of sp³-hybridized carbons (Fsp3) is 0.405. The minimum absolute atomic E-state index is 0.137. The molecule has 2 saturated heterocycles. The molecule has 2 aliphatic heterocycles. The van der Waals surface area contributed by atoms with E-state index in [0.29, 0.717) is 17.7 Å². The molecular formula is C37H40N8O6. The molecule has 14 heteroatoms. The topological polar surface area (TPSA) is 186 Å². The van der Waals surface area contributed by atoms with Crippen molar-refractivity contribution in [3.63, 3.8) is 0 Å². The molecule has 8 rings (SSSR count). The summed E-state index contributed by atoms with van der Waals surface area (Å²) >= 11 is 0. The largest absolute Gasteiger partial charge is 0.465 e. The Morgan fingerprint density at radius 3 is 1.53 bits per heavy atom. The number of ether oxygens (including phenoxy) is 1. The molecule has 2 saturated carbocycles. The van der Waals surface area contributed by atoms with Gasteiger partial charge in [0.25, 0.3) is 0 Å². The third-order valence-electron chi connectivity index (χ3n) is 10.8. The first-order chi connectivity index (χ1) is 24.6.